The van der Waals surface area contributed by atoms with E-state index in [1.165, 1.54) is 28.8 Å². The zero-order valence-electron chi connectivity index (χ0n) is 14.9. The molecular formula is C19H16FN5O3S. The fourth-order valence-corrected chi connectivity index (χ4v) is 2.69. The van der Waals surface area contributed by atoms with E-state index < -0.39 is 23.3 Å². The summed E-state index contributed by atoms with van der Waals surface area (Å²) in [6.45, 7) is 0.102. The van der Waals surface area contributed by atoms with Crippen molar-refractivity contribution >= 4 is 30.2 Å². The second-order valence-electron chi connectivity index (χ2n) is 5.90. The SMILES string of the molecule is O=C(NN=Cc1c(O)n(Cc2ccc(F)cc2)c(=S)[nH]c1=O)Nc1ccccc1. The monoisotopic (exact) mass is 413 g/mol. The van der Waals surface area contributed by atoms with E-state index in [9.17, 15) is 19.1 Å². The van der Waals surface area contributed by atoms with E-state index in [2.05, 4.69) is 20.8 Å². The lowest BCUT2D eigenvalue weighted by Gasteiger charge is -2.11. The van der Waals surface area contributed by atoms with Gasteiger partial charge in [0, 0.05) is 5.69 Å². The maximum atomic E-state index is 13.1. The molecule has 3 aromatic rings. The van der Waals surface area contributed by atoms with Gasteiger partial charge in [0.1, 0.15) is 11.4 Å². The van der Waals surface area contributed by atoms with Crippen LogP contribution in [0.5, 0.6) is 5.88 Å². The van der Waals surface area contributed by atoms with Gasteiger partial charge in [0.05, 0.1) is 12.8 Å². The standard InChI is InChI=1S/C19H16FN5O3S/c20-13-8-6-12(7-9-13)11-25-17(27)15(16(26)23-19(25)29)10-21-24-18(28)22-14-4-2-1-3-5-14/h1-10,27H,11H2,(H2,22,24,28)(H,23,26,29). The molecule has 0 unspecified atom stereocenters. The van der Waals surface area contributed by atoms with Crippen LogP contribution < -0.4 is 16.3 Å². The Balaban J connectivity index is 1.77. The zero-order valence-corrected chi connectivity index (χ0v) is 15.7. The molecule has 2 amide bonds. The Kier molecular flexibility index (Phi) is 6.15. The molecule has 10 heteroatoms. The summed E-state index contributed by atoms with van der Waals surface area (Å²) in [6.07, 6.45) is 1.01. The quantitative estimate of drug-likeness (QED) is 0.293. The second kappa shape index (κ2) is 8.93. The fraction of sp³-hybridized carbons (Fsp3) is 0.0526. The van der Waals surface area contributed by atoms with Gasteiger partial charge in [0.15, 0.2) is 4.77 Å². The Bertz CT molecular complexity index is 1160. The van der Waals surface area contributed by atoms with Gasteiger partial charge in [-0.1, -0.05) is 30.3 Å². The number of halogens is 1. The first-order valence-corrected chi connectivity index (χ1v) is 8.80. The Morgan fingerprint density at radius 2 is 1.90 bits per heavy atom. The Morgan fingerprint density at radius 1 is 1.21 bits per heavy atom. The van der Waals surface area contributed by atoms with Gasteiger partial charge in [-0.2, -0.15) is 5.10 Å². The molecule has 8 nitrogen and oxygen atoms in total. The largest absolute Gasteiger partial charge is 0.494 e. The molecule has 0 aliphatic rings. The molecule has 0 atom stereocenters. The first-order valence-electron chi connectivity index (χ1n) is 8.39. The van der Waals surface area contributed by atoms with Gasteiger partial charge in [-0.3, -0.25) is 14.3 Å². The molecule has 0 bridgehead atoms. The minimum absolute atomic E-state index is 0.0104. The first-order chi connectivity index (χ1) is 13.9. The molecule has 148 valence electrons. The third kappa shape index (κ3) is 5.14. The number of aromatic hydroxyl groups is 1. The van der Waals surface area contributed by atoms with E-state index in [0.29, 0.717) is 11.3 Å². The van der Waals surface area contributed by atoms with Gasteiger partial charge in [-0.05, 0) is 42.0 Å². The maximum Gasteiger partial charge on any atom is 0.339 e. The van der Waals surface area contributed by atoms with Gasteiger partial charge in [-0.15, -0.1) is 0 Å². The van der Waals surface area contributed by atoms with E-state index in [-0.39, 0.29) is 16.9 Å². The normalized spacial score (nSPS) is 10.8. The Labute approximate surface area is 169 Å². The molecule has 0 aliphatic heterocycles. The number of aromatic nitrogens is 2. The van der Waals surface area contributed by atoms with E-state index in [1.54, 1.807) is 30.3 Å². The molecule has 4 N–H and O–H groups in total. The summed E-state index contributed by atoms with van der Waals surface area (Å²) in [7, 11) is 0. The number of para-hydroxylation sites is 1. The fourth-order valence-electron chi connectivity index (χ4n) is 2.45. The smallest absolute Gasteiger partial charge is 0.339 e. The molecule has 2 aromatic carbocycles. The molecule has 1 aromatic heterocycles. The highest BCUT2D eigenvalue weighted by atomic mass is 32.1. The highest BCUT2D eigenvalue weighted by Crippen LogP contribution is 2.14. The Morgan fingerprint density at radius 3 is 2.59 bits per heavy atom. The molecule has 0 spiro atoms. The van der Waals surface area contributed by atoms with Crippen LogP contribution in [0.2, 0.25) is 0 Å². The summed E-state index contributed by atoms with van der Waals surface area (Å²) >= 11 is 5.09. The van der Waals surface area contributed by atoms with Crippen molar-refractivity contribution in [1.29, 1.82) is 0 Å². The van der Waals surface area contributed by atoms with Crippen LogP contribution in [0.4, 0.5) is 14.9 Å². The molecule has 0 radical (unpaired) electrons. The molecule has 0 aliphatic carbocycles. The van der Waals surface area contributed by atoms with Gasteiger partial charge in [0.25, 0.3) is 5.56 Å². The van der Waals surface area contributed by atoms with Gasteiger partial charge < -0.3 is 10.4 Å². The van der Waals surface area contributed by atoms with Crippen molar-refractivity contribution in [3.8, 4) is 5.88 Å². The highest BCUT2D eigenvalue weighted by Gasteiger charge is 2.12. The van der Waals surface area contributed by atoms with Crippen LogP contribution in [0.3, 0.4) is 0 Å². The van der Waals surface area contributed by atoms with Crippen LogP contribution in [0.15, 0.2) is 64.5 Å². The number of benzene rings is 2. The molecule has 3 rings (SSSR count). The minimum atomic E-state index is -0.670. The number of amides is 2. The van der Waals surface area contributed by atoms with Crippen LogP contribution in [-0.4, -0.2) is 26.9 Å². The topological polar surface area (TPSA) is 112 Å². The van der Waals surface area contributed by atoms with Crippen molar-refractivity contribution in [2.24, 2.45) is 5.10 Å². The van der Waals surface area contributed by atoms with Crippen LogP contribution in [0.1, 0.15) is 11.1 Å². The number of aromatic amines is 1. The molecular weight excluding hydrogens is 397 g/mol. The summed E-state index contributed by atoms with van der Waals surface area (Å²) in [6, 6.07) is 13.7. The summed E-state index contributed by atoms with van der Waals surface area (Å²) in [4.78, 5) is 26.4. The predicted molar refractivity (Wildman–Crippen MR) is 109 cm³/mol. The van der Waals surface area contributed by atoms with E-state index in [4.69, 9.17) is 12.2 Å². The number of carbonyl (C=O) groups excluding carboxylic acids is 1. The number of H-pyrrole nitrogens is 1. The summed E-state index contributed by atoms with van der Waals surface area (Å²) < 4.78 is 14.3. The lowest BCUT2D eigenvalue weighted by molar-refractivity contribution is 0.252. The van der Waals surface area contributed by atoms with Crippen LogP contribution in [0, 0.1) is 10.6 Å². The summed E-state index contributed by atoms with van der Waals surface area (Å²) in [5.41, 5.74) is 2.56. The zero-order chi connectivity index (χ0) is 20.8. The molecule has 0 saturated carbocycles. The highest BCUT2D eigenvalue weighted by molar-refractivity contribution is 7.71. The van der Waals surface area contributed by atoms with Crippen molar-refractivity contribution in [2.75, 3.05) is 5.32 Å². The van der Waals surface area contributed by atoms with Gasteiger partial charge in [0.2, 0.25) is 5.88 Å². The third-order valence-electron chi connectivity index (χ3n) is 3.85. The van der Waals surface area contributed by atoms with Crippen molar-refractivity contribution in [2.45, 2.75) is 6.54 Å². The lowest BCUT2D eigenvalue weighted by atomic mass is 10.2. The number of hydrazone groups is 1. The van der Waals surface area contributed by atoms with Crippen molar-refractivity contribution < 1.29 is 14.3 Å². The lowest BCUT2D eigenvalue weighted by Crippen LogP contribution is -2.25. The predicted octanol–water partition coefficient (Wildman–Crippen LogP) is 2.95. The summed E-state index contributed by atoms with van der Waals surface area (Å²) in [5, 5.41) is 16.7. The average molecular weight is 413 g/mol. The van der Waals surface area contributed by atoms with Crippen LogP contribution in [-0.2, 0) is 6.54 Å². The minimum Gasteiger partial charge on any atom is -0.494 e. The van der Waals surface area contributed by atoms with E-state index in [1.807, 2.05) is 0 Å². The number of urea groups is 1. The average Bonchev–Trinajstić information content (AvgIpc) is 2.70. The number of anilines is 1. The molecule has 29 heavy (non-hydrogen) atoms. The number of carbonyl (C=O) groups is 1. The number of rotatable bonds is 5. The second-order valence-corrected chi connectivity index (χ2v) is 6.29. The van der Waals surface area contributed by atoms with E-state index in [0.717, 1.165) is 6.21 Å². The van der Waals surface area contributed by atoms with Crippen molar-refractivity contribution in [3.63, 3.8) is 0 Å². The van der Waals surface area contributed by atoms with E-state index >= 15 is 0 Å². The third-order valence-corrected chi connectivity index (χ3v) is 4.17. The molecule has 0 saturated heterocycles. The van der Waals surface area contributed by atoms with Gasteiger partial charge >= 0.3 is 6.03 Å². The van der Waals surface area contributed by atoms with Crippen molar-refractivity contribution in [3.05, 3.63) is 86.7 Å². The Hall–Kier alpha value is -3.79. The van der Waals surface area contributed by atoms with Crippen LogP contribution in [0.25, 0.3) is 0 Å². The molecule has 0 fully saturated rings. The molecule has 1 heterocycles. The number of hydrogen-bond acceptors (Lipinski definition) is 5. The number of nitrogens with one attached hydrogen (secondary N) is 3. The first kappa shape index (κ1) is 20.0. The van der Waals surface area contributed by atoms with Gasteiger partial charge in [-0.25, -0.2) is 14.6 Å². The number of nitrogens with zero attached hydrogens (tertiary/aromatic N) is 2. The summed E-state index contributed by atoms with van der Waals surface area (Å²) in [5.74, 6) is -0.826. The number of hydrogen-bond donors (Lipinski definition) is 4. The maximum absolute atomic E-state index is 13.1. The van der Waals surface area contributed by atoms with Crippen molar-refractivity contribution in [1.82, 2.24) is 15.0 Å². The van der Waals surface area contributed by atoms with Crippen LogP contribution >= 0.6 is 12.2 Å².